The van der Waals surface area contributed by atoms with Crippen molar-refractivity contribution in [3.05, 3.63) is 40.5 Å². The monoisotopic (exact) mass is 595 g/mol. The molecule has 4 rings (SSSR count). The predicted molar refractivity (Wildman–Crippen MR) is 129 cm³/mol. The van der Waals surface area contributed by atoms with Gasteiger partial charge in [-0.05, 0) is 12.1 Å². The average molecular weight is 595 g/mol. The van der Waals surface area contributed by atoms with Gasteiger partial charge in [0, 0.05) is 49.0 Å². The molecule has 184 valence electrons. The number of nitrogens with one attached hydrogen (secondary N) is 1. The summed E-state index contributed by atoms with van der Waals surface area (Å²) in [5.74, 6) is -1.27. The molecule has 1 aromatic carbocycles. The predicted octanol–water partition coefficient (Wildman–Crippen LogP) is 2.50. The molecule has 0 bridgehead atoms. The number of nitrogens with zero attached hydrogens (tertiary/aromatic N) is 4. The Morgan fingerprint density at radius 2 is 1.71 bits per heavy atom. The van der Waals surface area contributed by atoms with Crippen LogP contribution >= 0.6 is 22.6 Å². The van der Waals surface area contributed by atoms with E-state index in [1.807, 2.05) is 52.9 Å². The van der Waals surface area contributed by atoms with Crippen molar-refractivity contribution in [2.24, 2.45) is 0 Å². The number of fused-ring (bicyclic) bond motifs is 1. The van der Waals surface area contributed by atoms with Crippen molar-refractivity contribution in [3.8, 4) is 0 Å². The number of rotatable bonds is 7. The van der Waals surface area contributed by atoms with E-state index < -0.39 is 42.4 Å². The Labute approximate surface area is 213 Å². The number of anilines is 2. The summed E-state index contributed by atoms with van der Waals surface area (Å²) in [6, 6.07) is 9.45. The lowest BCUT2D eigenvalue weighted by Crippen LogP contribution is -2.40. The molecule has 4 atom stereocenters. The van der Waals surface area contributed by atoms with Crippen LogP contribution in [0.4, 0.5) is 11.5 Å². The summed E-state index contributed by atoms with van der Waals surface area (Å²) in [6.45, 7) is 3.51. The maximum atomic E-state index is 11.9. The molecular weight excluding hydrogens is 573 g/mol. The molecule has 12 nitrogen and oxygen atoms in total. The average Bonchev–Trinajstić information content (AvgIpc) is 3.34. The number of aromatic nitrogens is 4. The van der Waals surface area contributed by atoms with Gasteiger partial charge in [-0.3, -0.25) is 19.0 Å². The number of hydrogen-bond acceptors (Lipinski definition) is 11. The summed E-state index contributed by atoms with van der Waals surface area (Å²) in [7, 11) is 0. The summed E-state index contributed by atoms with van der Waals surface area (Å²) >= 11 is 1.99. The minimum Gasteiger partial charge on any atom is -0.463 e. The first kappa shape index (κ1) is 24.8. The number of halogens is 1. The first-order valence-electron chi connectivity index (χ1n) is 10.6. The second-order valence-electron chi connectivity index (χ2n) is 7.67. The standard InChI is InChI=1S/C22H22IN5O7/c1-11(29)32-9-15-17(33-12(2)30)18(34-13(3)31)21(35-15)28-10-24-16-19(26-22(23)27-20(16)28)25-14-7-5-4-6-8-14/h4-8,10,15,17-18,21H,9H2,1-3H3,(H,25,26,27)/t15-,17?,18?,21-/m1/s1. The van der Waals surface area contributed by atoms with Crippen molar-refractivity contribution in [2.75, 3.05) is 11.9 Å². The third-order valence-electron chi connectivity index (χ3n) is 5.05. The number of hydrogen-bond donors (Lipinski definition) is 1. The molecule has 3 heterocycles. The van der Waals surface area contributed by atoms with Crippen LogP contribution in [0.1, 0.15) is 27.0 Å². The molecule has 1 aliphatic rings. The summed E-state index contributed by atoms with van der Waals surface area (Å²) in [4.78, 5) is 48.5. The smallest absolute Gasteiger partial charge is 0.303 e. The highest BCUT2D eigenvalue weighted by Crippen LogP contribution is 2.36. The third-order valence-corrected chi connectivity index (χ3v) is 5.53. The Morgan fingerprint density at radius 1 is 1.03 bits per heavy atom. The quantitative estimate of drug-likeness (QED) is 0.186. The van der Waals surface area contributed by atoms with Crippen molar-refractivity contribution in [1.29, 1.82) is 0 Å². The van der Waals surface area contributed by atoms with Crippen LogP contribution in [0.25, 0.3) is 11.2 Å². The van der Waals surface area contributed by atoms with Gasteiger partial charge < -0.3 is 24.3 Å². The molecule has 1 N–H and O–H groups in total. The van der Waals surface area contributed by atoms with Crippen molar-refractivity contribution in [1.82, 2.24) is 19.5 Å². The molecular formula is C22H22IN5O7. The van der Waals surface area contributed by atoms with E-state index in [2.05, 4.69) is 20.3 Å². The second-order valence-corrected chi connectivity index (χ2v) is 8.64. The fraction of sp³-hybridized carbons (Fsp3) is 0.364. The largest absolute Gasteiger partial charge is 0.463 e. The lowest BCUT2D eigenvalue weighted by atomic mass is 10.1. The Bertz CT molecular complexity index is 1250. The summed E-state index contributed by atoms with van der Waals surface area (Å²) in [5.41, 5.74) is 1.66. The first-order valence-corrected chi connectivity index (χ1v) is 11.7. The number of benzene rings is 1. The van der Waals surface area contributed by atoms with Crippen molar-refractivity contribution < 1.29 is 33.3 Å². The molecule has 1 fully saturated rings. The van der Waals surface area contributed by atoms with Gasteiger partial charge >= 0.3 is 17.9 Å². The number of esters is 3. The van der Waals surface area contributed by atoms with Crippen LogP contribution in [0.15, 0.2) is 36.7 Å². The highest BCUT2D eigenvalue weighted by molar-refractivity contribution is 14.1. The molecule has 1 saturated heterocycles. The van der Waals surface area contributed by atoms with E-state index in [1.54, 1.807) is 4.57 Å². The molecule has 2 aromatic heterocycles. The first-order chi connectivity index (χ1) is 16.7. The molecule has 1 aliphatic heterocycles. The molecule has 0 aliphatic carbocycles. The van der Waals surface area contributed by atoms with Gasteiger partial charge in [0.2, 0.25) is 0 Å². The fourth-order valence-corrected chi connectivity index (χ4v) is 4.21. The molecule has 35 heavy (non-hydrogen) atoms. The molecule has 3 aromatic rings. The topological polar surface area (TPSA) is 144 Å². The van der Waals surface area contributed by atoms with E-state index in [9.17, 15) is 14.4 Å². The van der Waals surface area contributed by atoms with Crippen LogP contribution < -0.4 is 5.32 Å². The van der Waals surface area contributed by atoms with Gasteiger partial charge in [-0.25, -0.2) is 15.0 Å². The maximum absolute atomic E-state index is 11.9. The Hall–Kier alpha value is -3.33. The van der Waals surface area contributed by atoms with Gasteiger partial charge in [0.25, 0.3) is 0 Å². The van der Waals surface area contributed by atoms with Crippen LogP contribution in [0, 0.1) is 3.83 Å². The number of carbonyl (C=O) groups is 3. The summed E-state index contributed by atoms with van der Waals surface area (Å²) in [6.07, 6.45) is -2.46. The van der Waals surface area contributed by atoms with Crippen LogP contribution in [0.3, 0.4) is 0 Å². The summed E-state index contributed by atoms with van der Waals surface area (Å²) < 4.78 is 24.1. The molecule has 0 amide bonds. The fourth-order valence-electron chi connectivity index (χ4n) is 3.74. The molecule has 0 spiro atoms. The van der Waals surface area contributed by atoms with Crippen LogP contribution in [-0.4, -0.2) is 62.3 Å². The van der Waals surface area contributed by atoms with E-state index in [-0.39, 0.29) is 6.61 Å². The zero-order valence-corrected chi connectivity index (χ0v) is 21.2. The number of imidazole rings is 1. The van der Waals surface area contributed by atoms with E-state index in [1.165, 1.54) is 27.1 Å². The van der Waals surface area contributed by atoms with Crippen molar-refractivity contribution in [2.45, 2.75) is 45.3 Å². The molecule has 0 radical (unpaired) electrons. The van der Waals surface area contributed by atoms with E-state index >= 15 is 0 Å². The lowest BCUT2D eigenvalue weighted by molar-refractivity contribution is -0.166. The van der Waals surface area contributed by atoms with Crippen molar-refractivity contribution in [3.63, 3.8) is 0 Å². The second kappa shape index (κ2) is 10.5. The molecule has 0 saturated carbocycles. The number of ether oxygens (including phenoxy) is 4. The highest BCUT2D eigenvalue weighted by atomic mass is 127. The number of carbonyl (C=O) groups excluding carboxylic acids is 3. The zero-order valence-electron chi connectivity index (χ0n) is 19.0. The Kier molecular flexibility index (Phi) is 7.45. The van der Waals surface area contributed by atoms with Gasteiger partial charge in [0.05, 0.1) is 6.33 Å². The third kappa shape index (κ3) is 5.67. The summed E-state index contributed by atoms with van der Waals surface area (Å²) in [5, 5.41) is 3.23. The normalized spacial score (nSPS) is 21.5. The maximum Gasteiger partial charge on any atom is 0.303 e. The van der Waals surface area contributed by atoms with Gasteiger partial charge in [0.1, 0.15) is 12.7 Å². The van der Waals surface area contributed by atoms with E-state index in [0.717, 1.165) is 5.69 Å². The minimum atomic E-state index is -1.05. The van der Waals surface area contributed by atoms with Gasteiger partial charge in [-0.15, -0.1) is 0 Å². The number of para-hydroxylation sites is 1. The molecule has 13 heteroatoms. The SMILES string of the molecule is CC(=O)OC[C@H]1O[C@@H](n2cnc3c(Nc4ccccc4)nc(I)nc32)C(OC(C)=O)C1OC(C)=O. The van der Waals surface area contributed by atoms with E-state index in [4.69, 9.17) is 18.9 Å². The Morgan fingerprint density at radius 3 is 2.37 bits per heavy atom. The molecule has 2 unspecified atom stereocenters. The van der Waals surface area contributed by atoms with Gasteiger partial charge in [-0.1, -0.05) is 18.2 Å². The Balaban J connectivity index is 1.75. The zero-order chi connectivity index (χ0) is 25.1. The van der Waals surface area contributed by atoms with Gasteiger partial charge in [-0.2, -0.15) is 0 Å². The highest BCUT2D eigenvalue weighted by Gasteiger charge is 2.51. The minimum absolute atomic E-state index is 0.207. The van der Waals surface area contributed by atoms with E-state index in [0.29, 0.717) is 20.8 Å². The van der Waals surface area contributed by atoms with Crippen molar-refractivity contribution >= 4 is 63.2 Å². The lowest BCUT2D eigenvalue weighted by Gasteiger charge is -2.23. The van der Waals surface area contributed by atoms with Crippen LogP contribution in [0.2, 0.25) is 0 Å². The van der Waals surface area contributed by atoms with Crippen LogP contribution in [0.5, 0.6) is 0 Å². The van der Waals surface area contributed by atoms with Gasteiger partial charge in [0.15, 0.2) is 39.2 Å². The van der Waals surface area contributed by atoms with Crippen LogP contribution in [-0.2, 0) is 33.3 Å².